The summed E-state index contributed by atoms with van der Waals surface area (Å²) >= 11 is 0. The first-order valence-electron chi connectivity index (χ1n) is 8.46. The maximum absolute atomic E-state index is 12.9. The van der Waals surface area contributed by atoms with Gasteiger partial charge in [-0.25, -0.2) is 4.98 Å². The van der Waals surface area contributed by atoms with Crippen LogP contribution in [0, 0.1) is 0 Å². The van der Waals surface area contributed by atoms with Gasteiger partial charge in [-0.05, 0) is 31.2 Å². The minimum absolute atomic E-state index is 0.136. The molecule has 26 heavy (non-hydrogen) atoms. The Labute approximate surface area is 151 Å². The van der Waals surface area contributed by atoms with Crippen molar-refractivity contribution in [3.8, 4) is 0 Å². The number of hydrogen-bond acceptors (Lipinski definition) is 4. The van der Waals surface area contributed by atoms with Crippen molar-refractivity contribution in [1.29, 1.82) is 0 Å². The molecule has 6 nitrogen and oxygen atoms in total. The molecule has 1 N–H and O–H groups in total. The number of carbonyl (C=O) groups is 1. The third-order valence-corrected chi connectivity index (χ3v) is 4.18. The quantitative estimate of drug-likeness (QED) is 0.741. The molecule has 0 aliphatic carbocycles. The molecule has 3 aromatic rings. The minimum Gasteiger partial charge on any atom is -0.383 e. The highest BCUT2D eigenvalue weighted by molar-refractivity contribution is 5.94. The summed E-state index contributed by atoms with van der Waals surface area (Å²) in [7, 11) is 1.58. The molecule has 1 aromatic heterocycles. The molecule has 0 unspecified atom stereocenters. The Balaban J connectivity index is 1.99. The number of amides is 1. The van der Waals surface area contributed by atoms with Crippen LogP contribution in [-0.4, -0.2) is 29.2 Å². The largest absolute Gasteiger partial charge is 0.383 e. The molecule has 1 atom stereocenters. The number of nitrogens with zero attached hydrogens (tertiary/aromatic N) is 2. The fourth-order valence-electron chi connectivity index (χ4n) is 2.85. The van der Waals surface area contributed by atoms with E-state index in [1.54, 1.807) is 35.9 Å². The molecule has 134 valence electrons. The Hall–Kier alpha value is -2.99. The molecular formula is C20H21N3O3. The van der Waals surface area contributed by atoms with Crippen LogP contribution in [0.4, 0.5) is 0 Å². The maximum atomic E-state index is 12.9. The van der Waals surface area contributed by atoms with E-state index in [1.165, 1.54) is 0 Å². The predicted octanol–water partition coefficient (Wildman–Crippen LogP) is 2.53. The van der Waals surface area contributed by atoms with Crippen LogP contribution in [0.25, 0.3) is 10.9 Å². The van der Waals surface area contributed by atoms with Crippen molar-refractivity contribution >= 4 is 16.8 Å². The van der Waals surface area contributed by atoms with Gasteiger partial charge < -0.3 is 10.1 Å². The van der Waals surface area contributed by atoms with Crippen LogP contribution in [0.1, 0.15) is 29.1 Å². The van der Waals surface area contributed by atoms with Crippen LogP contribution in [0.15, 0.2) is 59.4 Å². The van der Waals surface area contributed by atoms with E-state index in [9.17, 15) is 9.59 Å². The molecule has 2 aromatic carbocycles. The van der Waals surface area contributed by atoms with Crippen molar-refractivity contribution in [2.45, 2.75) is 19.5 Å². The minimum atomic E-state index is -0.433. The monoisotopic (exact) mass is 351 g/mol. The summed E-state index contributed by atoms with van der Waals surface area (Å²) in [6, 6.07) is 15.7. The molecule has 3 rings (SSSR count). The van der Waals surface area contributed by atoms with Gasteiger partial charge in [0.15, 0.2) is 0 Å². The molecule has 0 bridgehead atoms. The van der Waals surface area contributed by atoms with E-state index in [-0.39, 0.29) is 11.5 Å². The van der Waals surface area contributed by atoms with E-state index in [2.05, 4.69) is 10.3 Å². The lowest BCUT2D eigenvalue weighted by atomic mass is 10.2. The summed E-state index contributed by atoms with van der Waals surface area (Å²) in [5, 5.41) is 3.47. The number of ether oxygens (including phenoxy) is 1. The normalized spacial score (nSPS) is 12.1. The summed E-state index contributed by atoms with van der Waals surface area (Å²) in [4.78, 5) is 29.9. The summed E-state index contributed by atoms with van der Waals surface area (Å²) in [5.74, 6) is 0.300. The van der Waals surface area contributed by atoms with Crippen molar-refractivity contribution in [3.05, 3.63) is 76.3 Å². The predicted molar refractivity (Wildman–Crippen MR) is 100 cm³/mol. The lowest BCUT2D eigenvalue weighted by Gasteiger charge is -2.19. The Kier molecular flexibility index (Phi) is 5.43. The van der Waals surface area contributed by atoms with Crippen LogP contribution in [-0.2, 0) is 11.3 Å². The SMILES string of the molecule is COCCn1c([C@H](C)NC(=O)c2ccccc2)nc2ccccc2c1=O. The van der Waals surface area contributed by atoms with Crippen molar-refractivity contribution in [2.75, 3.05) is 13.7 Å². The van der Waals surface area contributed by atoms with E-state index in [1.807, 2.05) is 37.3 Å². The van der Waals surface area contributed by atoms with Crippen LogP contribution < -0.4 is 10.9 Å². The number of benzene rings is 2. The number of methoxy groups -OCH3 is 1. The van der Waals surface area contributed by atoms with Crippen molar-refractivity contribution in [2.24, 2.45) is 0 Å². The molecule has 1 heterocycles. The third-order valence-electron chi connectivity index (χ3n) is 4.18. The summed E-state index contributed by atoms with van der Waals surface area (Å²) < 4.78 is 6.69. The fourth-order valence-corrected chi connectivity index (χ4v) is 2.85. The van der Waals surface area contributed by atoms with E-state index in [0.717, 1.165) is 0 Å². The highest BCUT2D eigenvalue weighted by atomic mass is 16.5. The molecular weight excluding hydrogens is 330 g/mol. The first-order valence-corrected chi connectivity index (χ1v) is 8.46. The van der Waals surface area contributed by atoms with E-state index in [4.69, 9.17) is 4.74 Å². The molecule has 0 saturated heterocycles. The molecule has 0 saturated carbocycles. The molecule has 0 fully saturated rings. The van der Waals surface area contributed by atoms with Gasteiger partial charge >= 0.3 is 0 Å². The fraction of sp³-hybridized carbons (Fsp3) is 0.250. The van der Waals surface area contributed by atoms with Crippen molar-refractivity contribution < 1.29 is 9.53 Å². The summed E-state index contributed by atoms with van der Waals surface area (Å²) in [6.07, 6.45) is 0. The number of carbonyl (C=O) groups excluding carboxylic acids is 1. The van der Waals surface area contributed by atoms with Crippen LogP contribution in [0.5, 0.6) is 0 Å². The Bertz CT molecular complexity index is 967. The van der Waals surface area contributed by atoms with Gasteiger partial charge in [-0.1, -0.05) is 30.3 Å². The number of nitrogens with one attached hydrogen (secondary N) is 1. The van der Waals surface area contributed by atoms with Gasteiger partial charge in [-0.3, -0.25) is 14.2 Å². The van der Waals surface area contributed by atoms with Gasteiger partial charge in [-0.15, -0.1) is 0 Å². The van der Waals surface area contributed by atoms with Gasteiger partial charge in [0, 0.05) is 12.7 Å². The first-order chi connectivity index (χ1) is 12.6. The van der Waals surface area contributed by atoms with Gasteiger partial charge in [0.05, 0.1) is 30.1 Å². The zero-order valence-electron chi connectivity index (χ0n) is 14.8. The van der Waals surface area contributed by atoms with Gasteiger partial charge in [0.1, 0.15) is 5.82 Å². The van der Waals surface area contributed by atoms with Crippen molar-refractivity contribution in [1.82, 2.24) is 14.9 Å². The van der Waals surface area contributed by atoms with Crippen LogP contribution in [0.3, 0.4) is 0 Å². The molecule has 6 heteroatoms. The second-order valence-electron chi connectivity index (χ2n) is 6.00. The number of para-hydroxylation sites is 1. The second-order valence-corrected chi connectivity index (χ2v) is 6.00. The van der Waals surface area contributed by atoms with E-state index in [0.29, 0.717) is 35.4 Å². The van der Waals surface area contributed by atoms with Gasteiger partial charge in [0.25, 0.3) is 11.5 Å². The van der Waals surface area contributed by atoms with E-state index < -0.39 is 6.04 Å². The average molecular weight is 351 g/mol. The Morgan fingerprint density at radius 2 is 1.85 bits per heavy atom. The zero-order chi connectivity index (χ0) is 18.5. The lowest BCUT2D eigenvalue weighted by Crippen LogP contribution is -2.34. The topological polar surface area (TPSA) is 73.2 Å². The van der Waals surface area contributed by atoms with E-state index >= 15 is 0 Å². The molecule has 0 aliphatic rings. The number of rotatable bonds is 6. The zero-order valence-corrected chi connectivity index (χ0v) is 14.8. The maximum Gasteiger partial charge on any atom is 0.261 e. The Morgan fingerprint density at radius 3 is 2.58 bits per heavy atom. The van der Waals surface area contributed by atoms with Gasteiger partial charge in [0.2, 0.25) is 0 Å². The standard InChI is InChI=1S/C20H21N3O3/c1-14(21-19(24)15-8-4-3-5-9-15)18-22-17-11-7-6-10-16(17)20(25)23(18)12-13-26-2/h3-11,14H,12-13H2,1-2H3,(H,21,24)/t14-/m0/s1. The summed E-state index contributed by atoms with van der Waals surface area (Å²) in [6.45, 7) is 2.57. The Morgan fingerprint density at radius 1 is 1.15 bits per heavy atom. The highest BCUT2D eigenvalue weighted by Crippen LogP contribution is 2.14. The molecule has 0 spiro atoms. The number of fused-ring (bicyclic) bond motifs is 1. The lowest BCUT2D eigenvalue weighted by molar-refractivity contribution is 0.0937. The summed E-state index contributed by atoms with van der Waals surface area (Å²) in [5.41, 5.74) is 1.04. The van der Waals surface area contributed by atoms with Crippen molar-refractivity contribution in [3.63, 3.8) is 0 Å². The highest BCUT2D eigenvalue weighted by Gasteiger charge is 2.18. The average Bonchev–Trinajstić information content (AvgIpc) is 2.67. The number of hydrogen-bond donors (Lipinski definition) is 1. The van der Waals surface area contributed by atoms with Gasteiger partial charge in [-0.2, -0.15) is 0 Å². The third kappa shape index (κ3) is 3.65. The first kappa shape index (κ1) is 17.8. The molecule has 1 amide bonds. The van der Waals surface area contributed by atoms with Crippen LogP contribution in [0.2, 0.25) is 0 Å². The molecule has 0 radical (unpaired) electrons. The van der Waals surface area contributed by atoms with Crippen LogP contribution >= 0.6 is 0 Å². The number of aromatic nitrogens is 2. The smallest absolute Gasteiger partial charge is 0.261 e. The molecule has 0 aliphatic heterocycles. The second kappa shape index (κ2) is 7.93.